The normalized spacial score (nSPS) is 11.6. The van der Waals surface area contributed by atoms with E-state index in [2.05, 4.69) is 15.1 Å². The zero-order valence-corrected chi connectivity index (χ0v) is 10.6. The highest BCUT2D eigenvalue weighted by Gasteiger charge is 2.26. The second-order valence-corrected chi connectivity index (χ2v) is 4.28. The SMILES string of the molecule is O=c1cc(CCCC(F)(F)F)cnn1-c1ncc(F)cn1. The van der Waals surface area contributed by atoms with E-state index in [9.17, 15) is 22.4 Å². The highest BCUT2D eigenvalue weighted by atomic mass is 19.4. The summed E-state index contributed by atoms with van der Waals surface area (Å²) in [6.07, 6.45) is -2.14. The maximum Gasteiger partial charge on any atom is 0.389 e. The van der Waals surface area contributed by atoms with Gasteiger partial charge in [-0.1, -0.05) is 0 Å². The van der Waals surface area contributed by atoms with Gasteiger partial charge in [-0.05, 0) is 18.4 Å². The van der Waals surface area contributed by atoms with E-state index in [1.807, 2.05) is 0 Å². The van der Waals surface area contributed by atoms with Crippen LogP contribution in [0.3, 0.4) is 0 Å². The van der Waals surface area contributed by atoms with Crippen molar-refractivity contribution in [3.8, 4) is 5.95 Å². The van der Waals surface area contributed by atoms with Crippen molar-refractivity contribution in [2.24, 2.45) is 0 Å². The molecule has 0 saturated heterocycles. The molecule has 0 aliphatic rings. The second kappa shape index (κ2) is 5.98. The van der Waals surface area contributed by atoms with Crippen molar-refractivity contribution < 1.29 is 17.6 Å². The number of rotatable bonds is 4. The van der Waals surface area contributed by atoms with Gasteiger partial charge in [-0.3, -0.25) is 4.79 Å². The van der Waals surface area contributed by atoms with E-state index in [0.29, 0.717) is 5.56 Å². The zero-order valence-electron chi connectivity index (χ0n) is 10.6. The highest BCUT2D eigenvalue weighted by Crippen LogP contribution is 2.22. The van der Waals surface area contributed by atoms with Crippen LogP contribution in [-0.4, -0.2) is 25.9 Å². The lowest BCUT2D eigenvalue weighted by Gasteiger charge is -2.06. The van der Waals surface area contributed by atoms with Crippen molar-refractivity contribution >= 4 is 0 Å². The van der Waals surface area contributed by atoms with Crippen LogP contribution in [0.5, 0.6) is 0 Å². The Morgan fingerprint density at radius 3 is 2.38 bits per heavy atom. The van der Waals surface area contributed by atoms with Crippen molar-refractivity contribution in [3.63, 3.8) is 0 Å². The van der Waals surface area contributed by atoms with Crippen molar-refractivity contribution in [2.45, 2.75) is 25.4 Å². The first-order valence-corrected chi connectivity index (χ1v) is 5.98. The molecule has 2 aromatic rings. The standard InChI is InChI=1S/C12H10F4N4O/c13-9-6-17-11(18-7-9)20-10(21)4-8(5-19-20)2-1-3-12(14,15)16/h4-7H,1-3H2. The van der Waals surface area contributed by atoms with E-state index in [0.717, 1.165) is 23.1 Å². The minimum atomic E-state index is -4.22. The van der Waals surface area contributed by atoms with Crippen LogP contribution in [0, 0.1) is 5.82 Å². The summed E-state index contributed by atoms with van der Waals surface area (Å²) in [7, 11) is 0. The maximum absolute atomic E-state index is 12.7. The molecule has 0 aromatic carbocycles. The number of hydrogen-bond donors (Lipinski definition) is 0. The van der Waals surface area contributed by atoms with E-state index in [4.69, 9.17) is 0 Å². The molecule has 0 spiro atoms. The Morgan fingerprint density at radius 2 is 1.81 bits per heavy atom. The number of halogens is 4. The molecule has 0 aliphatic heterocycles. The smallest absolute Gasteiger partial charge is 0.267 e. The summed E-state index contributed by atoms with van der Waals surface area (Å²) in [6, 6.07) is 1.16. The molecule has 5 nitrogen and oxygen atoms in total. The molecule has 0 radical (unpaired) electrons. The number of aryl methyl sites for hydroxylation is 1. The van der Waals surface area contributed by atoms with Gasteiger partial charge in [0.15, 0.2) is 5.82 Å². The molecule has 21 heavy (non-hydrogen) atoms. The van der Waals surface area contributed by atoms with Gasteiger partial charge in [-0.25, -0.2) is 14.4 Å². The molecule has 0 N–H and O–H groups in total. The van der Waals surface area contributed by atoms with Gasteiger partial charge in [0.05, 0.1) is 18.6 Å². The summed E-state index contributed by atoms with van der Waals surface area (Å²) in [6.45, 7) is 0. The molecule has 2 rings (SSSR count). The van der Waals surface area contributed by atoms with Crippen LogP contribution < -0.4 is 5.56 Å². The Balaban J connectivity index is 2.11. The van der Waals surface area contributed by atoms with Crippen molar-refractivity contribution in [1.29, 1.82) is 0 Å². The first kappa shape index (κ1) is 15.1. The molecule has 0 atom stereocenters. The number of aromatic nitrogens is 4. The molecule has 0 bridgehead atoms. The first-order chi connectivity index (χ1) is 9.85. The van der Waals surface area contributed by atoms with Gasteiger partial charge >= 0.3 is 6.18 Å². The van der Waals surface area contributed by atoms with Crippen LogP contribution >= 0.6 is 0 Å². The third kappa shape index (κ3) is 4.33. The summed E-state index contributed by atoms with van der Waals surface area (Å²) in [4.78, 5) is 19.0. The molecular formula is C12H10F4N4O. The average Bonchev–Trinajstić information content (AvgIpc) is 2.39. The molecule has 2 aromatic heterocycles. The van der Waals surface area contributed by atoms with Crippen LogP contribution in [0.1, 0.15) is 18.4 Å². The van der Waals surface area contributed by atoms with E-state index in [1.165, 1.54) is 6.20 Å². The highest BCUT2D eigenvalue weighted by molar-refractivity contribution is 5.13. The van der Waals surface area contributed by atoms with Crippen molar-refractivity contribution in [2.75, 3.05) is 0 Å². The Bertz CT molecular complexity index is 666. The van der Waals surface area contributed by atoms with E-state index in [1.54, 1.807) is 0 Å². The van der Waals surface area contributed by atoms with Gasteiger partial charge in [-0.15, -0.1) is 0 Å². The summed E-state index contributed by atoms with van der Waals surface area (Å²) in [5.74, 6) is -0.765. The Kier molecular flexibility index (Phi) is 4.29. The lowest BCUT2D eigenvalue weighted by atomic mass is 10.1. The maximum atomic E-state index is 12.7. The Morgan fingerprint density at radius 1 is 1.14 bits per heavy atom. The van der Waals surface area contributed by atoms with E-state index in [-0.39, 0.29) is 18.8 Å². The molecular weight excluding hydrogens is 292 g/mol. The Labute approximate surface area is 116 Å². The molecule has 0 aliphatic carbocycles. The number of alkyl halides is 3. The largest absolute Gasteiger partial charge is 0.389 e. The van der Waals surface area contributed by atoms with Gasteiger partial charge in [0, 0.05) is 12.5 Å². The van der Waals surface area contributed by atoms with Crippen molar-refractivity contribution in [3.05, 3.63) is 46.4 Å². The predicted molar refractivity (Wildman–Crippen MR) is 64.4 cm³/mol. The fourth-order valence-corrected chi connectivity index (χ4v) is 1.64. The Hall–Kier alpha value is -2.32. The topological polar surface area (TPSA) is 60.7 Å². The van der Waals surface area contributed by atoms with Gasteiger partial charge in [-0.2, -0.15) is 23.0 Å². The minimum Gasteiger partial charge on any atom is -0.267 e. The molecule has 0 unspecified atom stereocenters. The lowest BCUT2D eigenvalue weighted by Crippen LogP contribution is -2.23. The van der Waals surface area contributed by atoms with Crippen molar-refractivity contribution in [1.82, 2.24) is 19.7 Å². The molecule has 0 amide bonds. The fraction of sp³-hybridized carbons (Fsp3) is 0.333. The van der Waals surface area contributed by atoms with E-state index >= 15 is 0 Å². The summed E-state index contributed by atoms with van der Waals surface area (Å²) in [5.41, 5.74) is -0.200. The average molecular weight is 302 g/mol. The third-order valence-electron chi connectivity index (χ3n) is 2.58. The molecule has 112 valence electrons. The molecule has 9 heteroatoms. The summed E-state index contributed by atoms with van der Waals surface area (Å²) >= 11 is 0. The summed E-state index contributed by atoms with van der Waals surface area (Å²) < 4.78 is 49.6. The minimum absolute atomic E-state index is 0.0901. The second-order valence-electron chi connectivity index (χ2n) is 4.28. The van der Waals surface area contributed by atoms with Crippen LogP contribution in [0.4, 0.5) is 17.6 Å². The number of nitrogens with zero attached hydrogens (tertiary/aromatic N) is 4. The lowest BCUT2D eigenvalue weighted by molar-refractivity contribution is -0.135. The van der Waals surface area contributed by atoms with Crippen LogP contribution in [0.2, 0.25) is 0 Å². The monoisotopic (exact) mass is 302 g/mol. The fourth-order valence-electron chi connectivity index (χ4n) is 1.64. The number of hydrogen-bond acceptors (Lipinski definition) is 4. The van der Waals surface area contributed by atoms with Crippen LogP contribution in [-0.2, 0) is 6.42 Å². The van der Waals surface area contributed by atoms with Gasteiger partial charge in [0.1, 0.15) is 0 Å². The van der Waals surface area contributed by atoms with E-state index < -0.39 is 24.0 Å². The van der Waals surface area contributed by atoms with Gasteiger partial charge < -0.3 is 0 Å². The first-order valence-electron chi connectivity index (χ1n) is 5.98. The molecule has 0 saturated carbocycles. The van der Waals surface area contributed by atoms with Gasteiger partial charge in [0.25, 0.3) is 11.5 Å². The van der Waals surface area contributed by atoms with Gasteiger partial charge in [0.2, 0.25) is 0 Å². The molecule has 2 heterocycles. The quantitative estimate of drug-likeness (QED) is 0.811. The predicted octanol–water partition coefficient (Wildman–Crippen LogP) is 2.05. The zero-order chi connectivity index (χ0) is 15.5. The summed E-state index contributed by atoms with van der Waals surface area (Å²) in [5, 5.41) is 3.77. The third-order valence-corrected chi connectivity index (χ3v) is 2.58. The van der Waals surface area contributed by atoms with Crippen LogP contribution in [0.15, 0.2) is 29.5 Å². The molecule has 0 fully saturated rings. The van der Waals surface area contributed by atoms with Crippen LogP contribution in [0.25, 0.3) is 5.95 Å².